The summed E-state index contributed by atoms with van der Waals surface area (Å²) >= 11 is 2.07. The van der Waals surface area contributed by atoms with E-state index in [0.717, 1.165) is 12.3 Å². The number of benzene rings is 1. The Morgan fingerprint density at radius 1 is 1.15 bits per heavy atom. The van der Waals surface area contributed by atoms with Crippen molar-refractivity contribution in [2.24, 2.45) is 0 Å². The van der Waals surface area contributed by atoms with Gasteiger partial charge in [0, 0.05) is 11.3 Å². The van der Waals surface area contributed by atoms with Gasteiger partial charge in [0.2, 0.25) is 0 Å². The number of hydrogen-bond acceptors (Lipinski definition) is 3. The summed E-state index contributed by atoms with van der Waals surface area (Å²) in [6.45, 7) is 7.86. The third-order valence-corrected chi connectivity index (χ3v) is 4.76. The van der Waals surface area contributed by atoms with Crippen LogP contribution in [0.3, 0.4) is 0 Å². The highest BCUT2D eigenvalue weighted by atomic mass is 32.2. The van der Waals surface area contributed by atoms with Crippen molar-refractivity contribution in [1.82, 2.24) is 5.32 Å². The summed E-state index contributed by atoms with van der Waals surface area (Å²) < 4.78 is 5.24. The molecule has 114 valence electrons. The van der Waals surface area contributed by atoms with Gasteiger partial charge in [-0.1, -0.05) is 39.3 Å². The van der Waals surface area contributed by atoms with Gasteiger partial charge in [-0.05, 0) is 42.8 Å². The molecule has 0 saturated heterocycles. The zero-order valence-electron chi connectivity index (χ0n) is 13.3. The molecule has 20 heavy (non-hydrogen) atoms. The Kier molecular flexibility index (Phi) is 8.79. The quantitative estimate of drug-likeness (QED) is 0.634. The second kappa shape index (κ2) is 10.1. The molecule has 2 atom stereocenters. The van der Waals surface area contributed by atoms with E-state index in [0.29, 0.717) is 11.3 Å². The molecule has 2 unspecified atom stereocenters. The summed E-state index contributed by atoms with van der Waals surface area (Å²) in [7, 11) is 1.71. The standard InChI is InChI=1S/C17H29NOS/c1-5-7-13-20-14(3)17(18-12-6-2)15-8-10-16(19-4)11-9-15/h8-11,14,17-18H,5-7,12-13H2,1-4H3. The Balaban J connectivity index is 2.70. The van der Waals surface area contributed by atoms with Crippen LogP contribution in [0.25, 0.3) is 0 Å². The maximum Gasteiger partial charge on any atom is 0.118 e. The van der Waals surface area contributed by atoms with Crippen LogP contribution < -0.4 is 10.1 Å². The van der Waals surface area contributed by atoms with Gasteiger partial charge in [0.05, 0.1) is 7.11 Å². The highest BCUT2D eigenvalue weighted by Crippen LogP contribution is 2.28. The maximum atomic E-state index is 5.24. The minimum absolute atomic E-state index is 0.419. The van der Waals surface area contributed by atoms with Crippen molar-refractivity contribution in [3.05, 3.63) is 29.8 Å². The van der Waals surface area contributed by atoms with Gasteiger partial charge in [0.1, 0.15) is 5.75 Å². The van der Waals surface area contributed by atoms with E-state index in [9.17, 15) is 0 Å². The fourth-order valence-electron chi connectivity index (χ4n) is 2.18. The molecule has 3 heteroatoms. The highest BCUT2D eigenvalue weighted by molar-refractivity contribution is 7.99. The van der Waals surface area contributed by atoms with Crippen molar-refractivity contribution in [3.8, 4) is 5.75 Å². The van der Waals surface area contributed by atoms with Crippen LogP contribution in [-0.4, -0.2) is 24.7 Å². The zero-order valence-corrected chi connectivity index (χ0v) is 14.1. The van der Waals surface area contributed by atoms with Gasteiger partial charge in [-0.25, -0.2) is 0 Å². The molecular weight excluding hydrogens is 266 g/mol. The molecule has 0 aliphatic carbocycles. The first-order valence-electron chi connectivity index (χ1n) is 7.71. The monoisotopic (exact) mass is 295 g/mol. The molecule has 0 bridgehead atoms. The molecule has 0 spiro atoms. The van der Waals surface area contributed by atoms with Crippen LogP contribution in [-0.2, 0) is 0 Å². The van der Waals surface area contributed by atoms with E-state index < -0.39 is 0 Å². The van der Waals surface area contributed by atoms with Gasteiger partial charge < -0.3 is 10.1 Å². The van der Waals surface area contributed by atoms with Gasteiger partial charge in [-0.15, -0.1) is 0 Å². The average molecular weight is 295 g/mol. The van der Waals surface area contributed by atoms with E-state index in [4.69, 9.17) is 4.74 Å². The summed E-state index contributed by atoms with van der Waals surface area (Å²) in [6.07, 6.45) is 3.74. The van der Waals surface area contributed by atoms with Crippen molar-refractivity contribution >= 4 is 11.8 Å². The van der Waals surface area contributed by atoms with Crippen molar-refractivity contribution in [2.45, 2.75) is 51.3 Å². The van der Waals surface area contributed by atoms with Gasteiger partial charge in [-0.3, -0.25) is 0 Å². The zero-order chi connectivity index (χ0) is 14.8. The Morgan fingerprint density at radius 2 is 1.85 bits per heavy atom. The van der Waals surface area contributed by atoms with E-state index >= 15 is 0 Å². The van der Waals surface area contributed by atoms with E-state index in [2.05, 4.69) is 62.1 Å². The fourth-order valence-corrected chi connectivity index (χ4v) is 3.45. The van der Waals surface area contributed by atoms with Crippen LogP contribution >= 0.6 is 11.8 Å². The second-order valence-electron chi connectivity index (χ2n) is 5.13. The number of methoxy groups -OCH3 is 1. The van der Waals surface area contributed by atoms with Gasteiger partial charge in [-0.2, -0.15) is 11.8 Å². The van der Waals surface area contributed by atoms with E-state index in [1.54, 1.807) is 7.11 Å². The third-order valence-electron chi connectivity index (χ3n) is 3.44. The summed E-state index contributed by atoms with van der Waals surface area (Å²) in [5.74, 6) is 2.17. The largest absolute Gasteiger partial charge is 0.497 e. The molecule has 0 aromatic heterocycles. The lowest BCUT2D eigenvalue weighted by atomic mass is 10.0. The SMILES string of the molecule is CCCCSC(C)C(NCCC)c1ccc(OC)cc1. The van der Waals surface area contributed by atoms with Gasteiger partial charge >= 0.3 is 0 Å². The summed E-state index contributed by atoms with van der Waals surface area (Å²) in [5, 5.41) is 4.27. The van der Waals surface area contributed by atoms with Crippen LogP contribution in [0.4, 0.5) is 0 Å². The Morgan fingerprint density at radius 3 is 2.40 bits per heavy atom. The molecule has 0 heterocycles. The first-order chi connectivity index (χ1) is 9.72. The van der Waals surface area contributed by atoms with Crippen LogP contribution in [0.1, 0.15) is 51.6 Å². The molecule has 2 nitrogen and oxygen atoms in total. The Bertz CT molecular complexity index is 353. The minimum Gasteiger partial charge on any atom is -0.497 e. The molecule has 1 aromatic rings. The van der Waals surface area contributed by atoms with Crippen molar-refractivity contribution in [2.75, 3.05) is 19.4 Å². The summed E-state index contributed by atoms with van der Waals surface area (Å²) in [5.41, 5.74) is 1.36. The number of rotatable bonds is 10. The molecule has 0 fully saturated rings. The maximum absolute atomic E-state index is 5.24. The smallest absolute Gasteiger partial charge is 0.118 e. The molecule has 1 N–H and O–H groups in total. The highest BCUT2D eigenvalue weighted by Gasteiger charge is 2.18. The van der Waals surface area contributed by atoms with Gasteiger partial charge in [0.25, 0.3) is 0 Å². The number of thioether (sulfide) groups is 1. The van der Waals surface area contributed by atoms with Crippen LogP contribution in [0, 0.1) is 0 Å². The lowest BCUT2D eigenvalue weighted by molar-refractivity contribution is 0.414. The van der Waals surface area contributed by atoms with E-state index in [1.165, 1.54) is 30.6 Å². The first-order valence-corrected chi connectivity index (χ1v) is 8.76. The third kappa shape index (κ3) is 5.76. The Labute approximate surface area is 128 Å². The Hall–Kier alpha value is -0.670. The predicted octanol–water partition coefficient (Wildman–Crippen LogP) is 4.66. The number of ether oxygens (including phenoxy) is 1. The summed E-state index contributed by atoms with van der Waals surface area (Å²) in [6, 6.07) is 8.90. The fraction of sp³-hybridized carbons (Fsp3) is 0.647. The molecule has 0 radical (unpaired) electrons. The molecule has 0 amide bonds. The van der Waals surface area contributed by atoms with Crippen LogP contribution in [0.2, 0.25) is 0 Å². The van der Waals surface area contributed by atoms with Crippen molar-refractivity contribution in [3.63, 3.8) is 0 Å². The molecule has 1 aromatic carbocycles. The molecule has 1 rings (SSSR count). The predicted molar refractivity (Wildman–Crippen MR) is 90.9 cm³/mol. The lowest BCUT2D eigenvalue weighted by Gasteiger charge is -2.25. The average Bonchev–Trinajstić information content (AvgIpc) is 2.48. The van der Waals surface area contributed by atoms with E-state index in [-0.39, 0.29) is 0 Å². The second-order valence-corrected chi connectivity index (χ2v) is 6.62. The number of hydrogen-bond donors (Lipinski definition) is 1. The van der Waals surface area contributed by atoms with Crippen molar-refractivity contribution in [1.29, 1.82) is 0 Å². The molecule has 0 aliphatic heterocycles. The lowest BCUT2D eigenvalue weighted by Crippen LogP contribution is -2.29. The number of unbranched alkanes of at least 4 members (excludes halogenated alkanes) is 1. The normalized spacial score (nSPS) is 14.0. The van der Waals surface area contributed by atoms with Crippen molar-refractivity contribution < 1.29 is 4.74 Å². The topological polar surface area (TPSA) is 21.3 Å². The van der Waals surface area contributed by atoms with Crippen LogP contribution in [0.5, 0.6) is 5.75 Å². The molecular formula is C17H29NOS. The van der Waals surface area contributed by atoms with E-state index in [1.807, 2.05) is 0 Å². The van der Waals surface area contributed by atoms with Crippen LogP contribution in [0.15, 0.2) is 24.3 Å². The molecule has 0 saturated carbocycles. The first kappa shape index (κ1) is 17.4. The summed E-state index contributed by atoms with van der Waals surface area (Å²) in [4.78, 5) is 0. The minimum atomic E-state index is 0.419. The van der Waals surface area contributed by atoms with Gasteiger partial charge in [0.15, 0.2) is 0 Å². The number of nitrogens with one attached hydrogen (secondary N) is 1. The molecule has 0 aliphatic rings.